The van der Waals surface area contributed by atoms with E-state index in [4.69, 9.17) is 27.1 Å². The number of nitrogens with one attached hydrogen (secondary N) is 4. The van der Waals surface area contributed by atoms with Gasteiger partial charge in [0.1, 0.15) is 23.0 Å². The van der Waals surface area contributed by atoms with Crippen LogP contribution in [0, 0.1) is 92.7 Å². The molecule has 16 bridgehead atoms. The van der Waals surface area contributed by atoms with Crippen LogP contribution in [-0.2, 0) is 37.4 Å². The molecule has 8 saturated carbocycles. The van der Waals surface area contributed by atoms with Crippen LogP contribution >= 0.6 is 15.6 Å². The van der Waals surface area contributed by atoms with E-state index in [9.17, 15) is 19.2 Å². The predicted molar refractivity (Wildman–Crippen MR) is 375 cm³/mol. The summed E-state index contributed by atoms with van der Waals surface area (Å²) in [6, 6.07) is 36.4. The van der Waals surface area contributed by atoms with Crippen LogP contribution in [0.25, 0.3) is 0 Å². The zero-order valence-corrected chi connectivity index (χ0v) is 60.0. The topological polar surface area (TPSA) is 206 Å². The second kappa shape index (κ2) is 29.1. The number of rotatable bonds is 12. The number of para-hydroxylation sites is 4. The Bertz CT molecular complexity index is 3170. The molecule has 18 heteroatoms. The molecule has 5 saturated heterocycles. The van der Waals surface area contributed by atoms with Crippen molar-refractivity contribution in [3.05, 3.63) is 121 Å². The van der Waals surface area contributed by atoms with Crippen LogP contribution in [0.4, 0.5) is 0 Å². The summed E-state index contributed by atoms with van der Waals surface area (Å²) in [6.07, 6.45) is 16.9. The first-order valence-corrected chi connectivity index (χ1v) is 40.2. The number of amides is 4. The number of hydrogen-bond acceptors (Lipinski definition) is 12. The van der Waals surface area contributed by atoms with Gasteiger partial charge in [0.2, 0.25) is 23.6 Å². The van der Waals surface area contributed by atoms with Gasteiger partial charge in [-0.05, 0) is 263 Å². The molecule has 16 nitrogen and oxygen atoms in total. The summed E-state index contributed by atoms with van der Waals surface area (Å²) in [7, 11) is -8.63. The maximum atomic E-state index is 15.5. The molecule has 20 atom stereocenters. The fourth-order valence-corrected chi connectivity index (χ4v) is 25.3. The van der Waals surface area contributed by atoms with Crippen molar-refractivity contribution in [1.29, 1.82) is 0 Å². The second-order valence-corrected chi connectivity index (χ2v) is 35.3. The molecule has 17 rings (SSSR count). The third-order valence-corrected chi connectivity index (χ3v) is 30.0. The molecule has 13 fully saturated rings. The van der Waals surface area contributed by atoms with E-state index in [1.54, 1.807) is 48.5 Å². The average Bonchev–Trinajstić information content (AvgIpc) is 1.69. The smallest absolute Gasteiger partial charge is 0.395 e. The fraction of sp³-hybridized carbons (Fsp3) is 0.646. The van der Waals surface area contributed by atoms with Gasteiger partial charge in [-0.3, -0.25) is 28.2 Å². The van der Waals surface area contributed by atoms with Crippen LogP contribution in [0.2, 0.25) is 0 Å². The number of phosphoric acid groups is 2. The molecule has 526 valence electrons. The molecule has 97 heavy (non-hydrogen) atoms. The van der Waals surface area contributed by atoms with Crippen molar-refractivity contribution in [3.63, 3.8) is 0 Å². The van der Waals surface area contributed by atoms with Crippen LogP contribution in [0.5, 0.6) is 23.0 Å². The van der Waals surface area contributed by atoms with E-state index in [1.807, 2.05) is 72.8 Å². The number of hydrogen-bond donors (Lipinski definition) is 4. The molecule has 0 radical (unpaired) electrons. The Morgan fingerprint density at radius 2 is 0.691 bits per heavy atom. The van der Waals surface area contributed by atoms with Crippen LogP contribution in [0.1, 0.15) is 189 Å². The number of phosphoric ester groups is 2. The highest BCUT2D eigenvalue weighted by Crippen LogP contribution is 2.73. The highest BCUT2D eigenvalue weighted by atomic mass is 31.2. The molecule has 0 aromatic heterocycles. The van der Waals surface area contributed by atoms with E-state index in [0.29, 0.717) is 80.0 Å². The molecular formula is C79H108N4O12P2. The summed E-state index contributed by atoms with van der Waals surface area (Å²) in [5.41, 5.74) is -0.189. The Labute approximate surface area is 576 Å². The molecule has 4 aromatic rings. The minimum atomic E-state index is -4.32. The lowest BCUT2D eigenvalue weighted by Gasteiger charge is -2.63. The number of benzene rings is 4. The summed E-state index contributed by atoms with van der Waals surface area (Å²) < 4.78 is 70.9. The number of carbonyl (C=O) groups is 4. The van der Waals surface area contributed by atoms with Crippen molar-refractivity contribution in [1.82, 2.24) is 21.3 Å². The summed E-state index contributed by atoms with van der Waals surface area (Å²) in [5.74, 6) is 4.35. The lowest BCUT2D eigenvalue weighted by Crippen LogP contribution is -2.60. The van der Waals surface area contributed by atoms with Gasteiger partial charge in [-0.2, -0.15) is 0 Å². The van der Waals surface area contributed by atoms with Crippen molar-refractivity contribution in [2.75, 3.05) is 13.1 Å². The van der Waals surface area contributed by atoms with Gasteiger partial charge < -0.3 is 39.4 Å². The minimum absolute atomic E-state index is 0.000133. The first-order valence-electron chi connectivity index (χ1n) is 37.3. The fourth-order valence-electron chi connectivity index (χ4n) is 22.4. The van der Waals surface area contributed by atoms with Gasteiger partial charge in [0.25, 0.3) is 0 Å². The lowest BCUT2D eigenvalue weighted by molar-refractivity contribution is -0.163. The number of carbonyl (C=O) groups excluding carboxylic acids is 4. The highest BCUT2D eigenvalue weighted by Gasteiger charge is 2.67. The van der Waals surface area contributed by atoms with Crippen molar-refractivity contribution in [2.24, 2.45) is 92.7 Å². The Kier molecular flexibility index (Phi) is 21.0. The maximum absolute atomic E-state index is 15.5. The van der Waals surface area contributed by atoms with Gasteiger partial charge >= 0.3 is 15.6 Å². The van der Waals surface area contributed by atoms with E-state index >= 15 is 9.13 Å². The van der Waals surface area contributed by atoms with E-state index in [2.05, 4.69) is 62.8 Å². The maximum Gasteiger partial charge on any atom is 0.587 e. The Balaban J connectivity index is 0.745. The van der Waals surface area contributed by atoms with Crippen molar-refractivity contribution in [3.8, 4) is 23.0 Å². The summed E-state index contributed by atoms with van der Waals surface area (Å²) in [5, 5.41) is 13.2. The molecule has 8 aliphatic carbocycles. The summed E-state index contributed by atoms with van der Waals surface area (Å²) >= 11 is 0. The van der Waals surface area contributed by atoms with E-state index in [1.165, 1.54) is 0 Å². The van der Waals surface area contributed by atoms with Gasteiger partial charge in [0, 0.05) is 50.9 Å². The van der Waals surface area contributed by atoms with E-state index in [0.717, 1.165) is 103 Å². The average molecular weight is 1370 g/mol. The standard InChI is InChI=1S/C79H108N4O12P2/c1-52-30-36-70(84)80-46-47-81-71(85)37-31-53(2)63-33-35-65-75-67(41-45-79(63,65)6)77(4)43-39-57(49-55(77)51-69(75)95-97(89,92-60-24-15-9-16-25-60)93-61-26-17-10-18-27-61)83-73(87)29-19-28-72(86)82-56-38-42-76(3)54(48-56)50-68(74-64-34-32-62(52)78(64,5)44-40-66(74)76)94-96(88,90-58-20-11-7-12-21-58)91-59-22-13-8-14-23-59/h7-18,20-27,52-57,62-69,74-75H,19,28-51H2,1-6H3,(H,80,84)(H,81,85)(H,82,86)(H,83,87)/t52-,53-,54+,55+,56-,57-,62-,63-,64+,65+,66+,67+,68+,69+,74+,75+,76+,77+,78-,79-/m1/s1. The molecule has 5 aliphatic heterocycles. The Hall–Kier alpha value is -5.66. The zero-order valence-electron chi connectivity index (χ0n) is 58.3. The molecule has 4 amide bonds. The third kappa shape index (κ3) is 14.9. The Morgan fingerprint density at radius 3 is 1.04 bits per heavy atom. The van der Waals surface area contributed by atoms with Crippen LogP contribution in [0.3, 0.4) is 0 Å². The van der Waals surface area contributed by atoms with Gasteiger partial charge in [-0.1, -0.05) is 114 Å². The van der Waals surface area contributed by atoms with Gasteiger partial charge in [0.05, 0.1) is 12.2 Å². The molecule has 13 aliphatic rings. The predicted octanol–water partition coefficient (Wildman–Crippen LogP) is 17.0. The second-order valence-electron chi connectivity index (χ2n) is 32.4. The van der Waals surface area contributed by atoms with Gasteiger partial charge in [-0.15, -0.1) is 0 Å². The lowest BCUT2D eigenvalue weighted by atomic mass is 9.43. The summed E-state index contributed by atoms with van der Waals surface area (Å²) in [6.45, 7) is 15.3. The largest absolute Gasteiger partial charge is 0.587 e. The highest BCUT2D eigenvalue weighted by molar-refractivity contribution is 7.49. The minimum Gasteiger partial charge on any atom is -0.395 e. The summed E-state index contributed by atoms with van der Waals surface area (Å²) in [4.78, 5) is 55.6. The SMILES string of the molecule is C[C@@H]1CCC(=O)NCCNC(=O)CC[C@@H](C)[C@H]2CC[C@H]3[C@@H]4[C@@H](OP(=O)(Oc5ccccc5)Oc5ccccc5)C[C@@H]5C[C@@H](CC[C@]5(C)[C@H]4CC[C@]23C)NC(=O)CCCC(=O)N[C@@H]2CC[C@@]3(C)[C@@H](C2)C[C@H](OP(=O)(Oc2ccccc2)Oc2ccccc2)[C@@H]2[C@@H]3CC[C@]3(C)[C@@H]1CC[C@@H]23. The van der Waals surface area contributed by atoms with Crippen LogP contribution in [-0.4, -0.2) is 61.0 Å². The quantitative estimate of drug-likeness (QED) is 0.0978. The Morgan fingerprint density at radius 1 is 0.371 bits per heavy atom. The molecule has 4 N–H and O–H groups in total. The van der Waals surface area contributed by atoms with Crippen molar-refractivity contribution in [2.45, 2.75) is 214 Å². The molecule has 4 aromatic carbocycles. The van der Waals surface area contributed by atoms with Crippen LogP contribution < -0.4 is 39.4 Å². The van der Waals surface area contributed by atoms with E-state index in [-0.39, 0.29) is 129 Å². The molecule has 5 heterocycles. The van der Waals surface area contributed by atoms with Gasteiger partial charge in [-0.25, -0.2) is 9.13 Å². The third-order valence-electron chi connectivity index (χ3n) is 27.2. The normalized spacial score (nSPS) is 38.3. The zero-order chi connectivity index (χ0) is 67.7. The first kappa shape index (κ1) is 69.8. The monoisotopic (exact) mass is 1370 g/mol. The first-order chi connectivity index (χ1) is 46.6. The van der Waals surface area contributed by atoms with E-state index < -0.39 is 27.9 Å². The van der Waals surface area contributed by atoms with Crippen molar-refractivity contribution < 1.29 is 55.5 Å². The van der Waals surface area contributed by atoms with Gasteiger partial charge in [0.15, 0.2) is 0 Å². The van der Waals surface area contributed by atoms with Crippen molar-refractivity contribution >= 4 is 39.3 Å². The van der Waals surface area contributed by atoms with Crippen LogP contribution in [0.15, 0.2) is 121 Å². The molecular weight excluding hydrogens is 1260 g/mol. The molecule has 0 spiro atoms. The molecule has 0 unspecified atom stereocenters.